The van der Waals surface area contributed by atoms with Crippen molar-refractivity contribution in [3.63, 3.8) is 0 Å². The molecule has 3 rings (SSSR count). The van der Waals surface area contributed by atoms with E-state index >= 15 is 0 Å². The molecular formula is C27H39NO3Si. The van der Waals surface area contributed by atoms with Crippen LogP contribution in [0.15, 0.2) is 60.7 Å². The van der Waals surface area contributed by atoms with Crippen LogP contribution in [0, 0.1) is 5.41 Å². The van der Waals surface area contributed by atoms with E-state index in [4.69, 9.17) is 9.16 Å². The fraction of sp³-hybridized carbons (Fsp3) is 0.519. The summed E-state index contributed by atoms with van der Waals surface area (Å²) in [6.07, 6.45) is 1.54. The van der Waals surface area contributed by atoms with Gasteiger partial charge in [0.1, 0.15) is 0 Å². The van der Waals surface area contributed by atoms with Crippen molar-refractivity contribution in [3.8, 4) is 0 Å². The Kier molecular flexibility index (Phi) is 7.64. The van der Waals surface area contributed by atoms with Gasteiger partial charge < -0.3 is 9.16 Å². The molecule has 1 saturated carbocycles. The van der Waals surface area contributed by atoms with Gasteiger partial charge in [-0.25, -0.2) is 0 Å². The van der Waals surface area contributed by atoms with Crippen molar-refractivity contribution in [2.75, 3.05) is 13.7 Å². The van der Waals surface area contributed by atoms with Crippen LogP contribution in [-0.4, -0.2) is 38.9 Å². The number of ether oxygens (including phenoxy) is 1. The van der Waals surface area contributed by atoms with Gasteiger partial charge in [0.2, 0.25) is 0 Å². The van der Waals surface area contributed by atoms with Crippen molar-refractivity contribution in [1.29, 1.82) is 0 Å². The fourth-order valence-corrected chi connectivity index (χ4v) is 5.22. The predicted octanol–water partition coefficient (Wildman–Crippen LogP) is 6.03. The number of hydrogen-bond donors (Lipinski definition) is 0. The molecule has 0 bridgehead atoms. The topological polar surface area (TPSA) is 38.8 Å². The van der Waals surface area contributed by atoms with Gasteiger partial charge in [0.05, 0.1) is 19.1 Å². The summed E-state index contributed by atoms with van der Waals surface area (Å²) < 4.78 is 11.8. The second-order valence-electron chi connectivity index (χ2n) is 10.8. The van der Waals surface area contributed by atoms with Crippen LogP contribution < -0.4 is 0 Å². The summed E-state index contributed by atoms with van der Waals surface area (Å²) in [6.45, 7) is 13.4. The van der Waals surface area contributed by atoms with Crippen LogP contribution in [0.2, 0.25) is 18.1 Å². The third-order valence-electron chi connectivity index (χ3n) is 7.36. The zero-order chi connectivity index (χ0) is 23.4. The van der Waals surface area contributed by atoms with Gasteiger partial charge in [0.15, 0.2) is 8.32 Å². The first-order valence-corrected chi connectivity index (χ1v) is 14.5. The Balaban J connectivity index is 1.75. The van der Waals surface area contributed by atoms with Gasteiger partial charge in [0.25, 0.3) is 0 Å². The molecule has 2 aromatic rings. The highest BCUT2D eigenvalue weighted by atomic mass is 28.4. The minimum atomic E-state index is -1.95. The zero-order valence-electron chi connectivity index (χ0n) is 20.6. The summed E-state index contributed by atoms with van der Waals surface area (Å²) in [6, 6.07) is 21.4. The summed E-state index contributed by atoms with van der Waals surface area (Å²) in [5.41, 5.74) is 2.04. The number of esters is 1. The third kappa shape index (κ3) is 5.69. The van der Waals surface area contributed by atoms with Gasteiger partial charge in [-0.1, -0.05) is 81.4 Å². The maximum atomic E-state index is 12.9. The van der Waals surface area contributed by atoms with Gasteiger partial charge in [-0.2, -0.15) is 0 Å². The third-order valence-corrected chi connectivity index (χ3v) is 11.8. The average Bonchev–Trinajstić information content (AvgIpc) is 2.73. The number of benzene rings is 2. The van der Waals surface area contributed by atoms with E-state index in [1.807, 2.05) is 0 Å². The molecule has 174 valence electrons. The smallest absolute Gasteiger partial charge is 0.314 e. The number of carbonyl (C=O) groups excluding carboxylic acids is 1. The molecule has 0 N–H and O–H groups in total. The predicted molar refractivity (Wildman–Crippen MR) is 133 cm³/mol. The molecule has 0 atom stereocenters. The Morgan fingerprint density at radius 2 is 1.44 bits per heavy atom. The second kappa shape index (κ2) is 9.90. The van der Waals surface area contributed by atoms with Gasteiger partial charge in [-0.15, -0.1) is 0 Å². The molecule has 32 heavy (non-hydrogen) atoms. The molecule has 0 heterocycles. The van der Waals surface area contributed by atoms with E-state index in [1.54, 1.807) is 0 Å². The molecule has 1 aliphatic carbocycles. The standard InChI is InChI=1S/C27H39NO3Si/c1-26(2,3)32(5,6)31-21-27(25(29)30-4)17-24(18-27)28(19-22-13-9-7-10-14-22)20-23-15-11-8-12-16-23/h7-16,24H,17-21H2,1-6H3/t24-,27-. The monoisotopic (exact) mass is 453 g/mol. The maximum absolute atomic E-state index is 12.9. The lowest BCUT2D eigenvalue weighted by Gasteiger charge is -2.51. The van der Waals surface area contributed by atoms with E-state index in [9.17, 15) is 4.79 Å². The molecule has 0 aromatic heterocycles. The number of rotatable bonds is 9. The Bertz CT molecular complexity index is 829. The Morgan fingerprint density at radius 3 is 1.84 bits per heavy atom. The van der Waals surface area contributed by atoms with Crippen LogP contribution >= 0.6 is 0 Å². The molecule has 0 unspecified atom stereocenters. The van der Waals surface area contributed by atoms with Crippen LogP contribution in [0.4, 0.5) is 0 Å². The summed E-state index contributed by atoms with van der Waals surface area (Å²) >= 11 is 0. The molecule has 0 amide bonds. The lowest BCUT2D eigenvalue weighted by atomic mass is 9.65. The normalized spacial score (nSPS) is 21.3. The molecule has 0 aliphatic heterocycles. The van der Waals surface area contributed by atoms with E-state index in [2.05, 4.69) is 99.4 Å². The molecule has 5 heteroatoms. The molecular weight excluding hydrogens is 414 g/mol. The molecule has 1 fully saturated rings. The van der Waals surface area contributed by atoms with E-state index in [0.717, 1.165) is 25.9 Å². The first-order valence-electron chi connectivity index (χ1n) is 11.6. The van der Waals surface area contributed by atoms with Gasteiger partial charge in [-0.05, 0) is 42.1 Å². The van der Waals surface area contributed by atoms with Crippen molar-refractivity contribution in [3.05, 3.63) is 71.8 Å². The lowest BCUT2D eigenvalue weighted by molar-refractivity contribution is -0.168. The highest BCUT2D eigenvalue weighted by Crippen LogP contribution is 2.47. The van der Waals surface area contributed by atoms with Crippen molar-refractivity contribution in [2.45, 2.75) is 70.9 Å². The van der Waals surface area contributed by atoms with Crippen molar-refractivity contribution < 1.29 is 14.0 Å². The Hall–Kier alpha value is -1.95. The van der Waals surface area contributed by atoms with Crippen LogP contribution in [-0.2, 0) is 27.0 Å². The van der Waals surface area contributed by atoms with Gasteiger partial charge in [0, 0.05) is 19.1 Å². The number of carbonyl (C=O) groups is 1. The molecule has 1 aliphatic rings. The highest BCUT2D eigenvalue weighted by Gasteiger charge is 2.54. The Labute approximate surface area is 195 Å². The Morgan fingerprint density at radius 1 is 0.969 bits per heavy atom. The number of methoxy groups -OCH3 is 1. The fourth-order valence-electron chi connectivity index (χ4n) is 4.15. The van der Waals surface area contributed by atoms with Gasteiger partial charge >= 0.3 is 5.97 Å². The highest BCUT2D eigenvalue weighted by molar-refractivity contribution is 6.74. The van der Waals surface area contributed by atoms with Crippen LogP contribution in [0.1, 0.15) is 44.7 Å². The summed E-state index contributed by atoms with van der Waals surface area (Å²) in [5, 5.41) is 0.111. The SMILES string of the molecule is COC(=O)[C@]1(CO[Si](C)(C)C(C)(C)C)C[C@@H](N(Cc2ccccc2)Cc2ccccc2)C1. The zero-order valence-corrected chi connectivity index (χ0v) is 21.6. The largest absolute Gasteiger partial charge is 0.469 e. The van der Waals surface area contributed by atoms with Crippen LogP contribution in [0.3, 0.4) is 0 Å². The van der Waals surface area contributed by atoms with E-state index in [-0.39, 0.29) is 11.0 Å². The minimum absolute atomic E-state index is 0.111. The molecule has 0 radical (unpaired) electrons. The minimum Gasteiger partial charge on any atom is -0.469 e. The van der Waals surface area contributed by atoms with E-state index in [0.29, 0.717) is 12.6 Å². The molecule has 2 aromatic carbocycles. The first-order chi connectivity index (χ1) is 15.1. The average molecular weight is 454 g/mol. The van der Waals surface area contributed by atoms with Gasteiger partial charge in [-0.3, -0.25) is 9.69 Å². The van der Waals surface area contributed by atoms with Crippen LogP contribution in [0.5, 0.6) is 0 Å². The number of nitrogens with zero attached hydrogens (tertiary/aromatic N) is 1. The summed E-state index contributed by atoms with van der Waals surface area (Å²) in [5.74, 6) is -0.133. The quantitative estimate of drug-likeness (QED) is 0.343. The first kappa shape index (κ1) is 24.7. The summed E-state index contributed by atoms with van der Waals surface area (Å²) in [4.78, 5) is 15.4. The second-order valence-corrected chi connectivity index (χ2v) is 15.6. The van der Waals surface area contributed by atoms with Crippen molar-refractivity contribution in [2.24, 2.45) is 5.41 Å². The maximum Gasteiger partial charge on any atom is 0.314 e. The van der Waals surface area contributed by atoms with E-state index < -0.39 is 13.7 Å². The molecule has 4 nitrogen and oxygen atoms in total. The summed E-state index contributed by atoms with van der Waals surface area (Å²) in [7, 11) is -0.453. The van der Waals surface area contributed by atoms with Crippen molar-refractivity contribution in [1.82, 2.24) is 4.90 Å². The van der Waals surface area contributed by atoms with Crippen LogP contribution in [0.25, 0.3) is 0 Å². The lowest BCUT2D eigenvalue weighted by Crippen LogP contribution is -2.58. The van der Waals surface area contributed by atoms with E-state index in [1.165, 1.54) is 18.2 Å². The van der Waals surface area contributed by atoms with Crippen molar-refractivity contribution >= 4 is 14.3 Å². The number of hydrogen-bond acceptors (Lipinski definition) is 4. The molecule has 0 saturated heterocycles. The molecule has 0 spiro atoms.